The predicted molar refractivity (Wildman–Crippen MR) is 124 cm³/mol. The average Bonchev–Trinajstić information content (AvgIpc) is 2.75. The molecule has 4 rings (SSSR count). The monoisotopic (exact) mass is 480 g/mol. The fourth-order valence-corrected chi connectivity index (χ4v) is 4.71. The van der Waals surface area contributed by atoms with E-state index >= 15 is 0 Å². The fourth-order valence-electron chi connectivity index (χ4n) is 4.07. The Morgan fingerprint density at radius 2 is 1.61 bits per heavy atom. The Hall–Kier alpha value is -1.85. The summed E-state index contributed by atoms with van der Waals surface area (Å²) in [5.41, 5.74) is 2.78. The second-order valence-corrected chi connectivity index (χ2v) is 8.99. The summed E-state index contributed by atoms with van der Waals surface area (Å²) < 4.78 is 26.7. The quantitative estimate of drug-likeness (QED) is 0.408. The molecular weight excluding hydrogens is 461 g/mol. The van der Waals surface area contributed by atoms with E-state index in [9.17, 15) is 8.78 Å². The summed E-state index contributed by atoms with van der Waals surface area (Å²) in [6.45, 7) is 1.25. The van der Waals surface area contributed by atoms with Crippen LogP contribution in [-0.4, -0.2) is 12.6 Å². The molecule has 1 heterocycles. The van der Waals surface area contributed by atoms with Crippen LogP contribution in [0.4, 0.5) is 14.5 Å². The molecule has 3 aromatic rings. The van der Waals surface area contributed by atoms with Crippen LogP contribution in [0.1, 0.15) is 30.0 Å². The number of rotatable bonds is 5. The molecule has 1 N–H and O–H groups in total. The van der Waals surface area contributed by atoms with E-state index in [2.05, 4.69) is 10.2 Å². The van der Waals surface area contributed by atoms with Crippen LogP contribution in [0.25, 0.3) is 0 Å². The Morgan fingerprint density at radius 3 is 2.32 bits per heavy atom. The number of hydrogen-bond donors (Lipinski definition) is 1. The minimum Gasteiger partial charge on any atom is -0.363 e. The topological polar surface area (TPSA) is 15.3 Å². The highest BCUT2D eigenvalue weighted by Gasteiger charge is 2.30. The first-order chi connectivity index (χ1) is 14.9. The molecule has 2 nitrogen and oxygen atoms in total. The van der Waals surface area contributed by atoms with Crippen LogP contribution in [0.15, 0.2) is 60.7 Å². The Labute approximate surface area is 195 Å². The molecule has 0 aliphatic carbocycles. The standard InChI is InChI=1S/C24H21Cl3F2N2/c25-17-4-2-16(3-5-17)24-13-19(30-14-15-1-7-21(28)22(29)11-15)9-10-31(24)23-8-6-18(26)12-20(23)27/h1-8,11-12,19,24,30H,9-10,13-14H2/t19-,24-/m0/s1. The molecule has 0 radical (unpaired) electrons. The Kier molecular flexibility index (Phi) is 7.02. The highest BCUT2D eigenvalue weighted by molar-refractivity contribution is 6.36. The molecule has 0 aromatic heterocycles. The number of hydrogen-bond acceptors (Lipinski definition) is 2. The molecular formula is C24H21Cl3F2N2. The summed E-state index contributed by atoms with van der Waals surface area (Å²) in [6.07, 6.45) is 1.71. The Bertz CT molecular complexity index is 1060. The summed E-state index contributed by atoms with van der Waals surface area (Å²) >= 11 is 18.7. The molecule has 31 heavy (non-hydrogen) atoms. The third-order valence-electron chi connectivity index (χ3n) is 5.66. The number of anilines is 1. The molecule has 1 aliphatic heterocycles. The van der Waals surface area contributed by atoms with Gasteiger partial charge in [0.2, 0.25) is 0 Å². The predicted octanol–water partition coefficient (Wildman–Crippen LogP) is 7.42. The van der Waals surface area contributed by atoms with Crippen LogP contribution >= 0.6 is 34.8 Å². The first-order valence-electron chi connectivity index (χ1n) is 10.0. The largest absolute Gasteiger partial charge is 0.363 e. The first kappa shape index (κ1) is 22.3. The Morgan fingerprint density at radius 1 is 0.871 bits per heavy atom. The van der Waals surface area contributed by atoms with Crippen molar-refractivity contribution in [2.24, 2.45) is 0 Å². The van der Waals surface area contributed by atoms with Gasteiger partial charge in [-0.2, -0.15) is 0 Å². The van der Waals surface area contributed by atoms with Gasteiger partial charge in [0.25, 0.3) is 0 Å². The summed E-state index contributed by atoms with van der Waals surface area (Å²) in [7, 11) is 0. The van der Waals surface area contributed by atoms with E-state index in [4.69, 9.17) is 34.8 Å². The third-order valence-corrected chi connectivity index (χ3v) is 6.45. The summed E-state index contributed by atoms with van der Waals surface area (Å²) in [4.78, 5) is 2.29. The maximum absolute atomic E-state index is 13.5. The molecule has 0 bridgehead atoms. The van der Waals surface area contributed by atoms with Gasteiger partial charge >= 0.3 is 0 Å². The molecule has 3 aromatic carbocycles. The Balaban J connectivity index is 1.55. The van der Waals surface area contributed by atoms with Gasteiger partial charge in [-0.3, -0.25) is 0 Å². The van der Waals surface area contributed by atoms with E-state index in [0.717, 1.165) is 36.7 Å². The van der Waals surface area contributed by atoms with E-state index < -0.39 is 11.6 Å². The van der Waals surface area contributed by atoms with Gasteiger partial charge in [-0.05, 0) is 66.4 Å². The van der Waals surface area contributed by atoms with Crippen molar-refractivity contribution in [3.05, 3.63) is 98.5 Å². The highest BCUT2D eigenvalue weighted by atomic mass is 35.5. The lowest BCUT2D eigenvalue weighted by Gasteiger charge is -2.42. The van der Waals surface area contributed by atoms with Gasteiger partial charge in [-0.1, -0.05) is 53.0 Å². The summed E-state index contributed by atoms with van der Waals surface area (Å²) in [6, 6.07) is 17.7. The number of piperidine rings is 1. The first-order valence-corrected chi connectivity index (χ1v) is 11.2. The number of nitrogens with zero attached hydrogens (tertiary/aromatic N) is 1. The van der Waals surface area contributed by atoms with Crippen LogP contribution in [0.5, 0.6) is 0 Å². The fraction of sp³-hybridized carbons (Fsp3) is 0.250. The van der Waals surface area contributed by atoms with Crippen LogP contribution in [0, 0.1) is 11.6 Å². The van der Waals surface area contributed by atoms with Gasteiger partial charge in [0, 0.05) is 29.2 Å². The summed E-state index contributed by atoms with van der Waals surface area (Å²) in [5, 5.41) is 5.39. The van der Waals surface area contributed by atoms with Gasteiger partial charge < -0.3 is 10.2 Å². The van der Waals surface area contributed by atoms with Crippen molar-refractivity contribution < 1.29 is 8.78 Å². The second kappa shape index (κ2) is 9.74. The van der Waals surface area contributed by atoms with Crippen molar-refractivity contribution in [2.75, 3.05) is 11.4 Å². The second-order valence-electron chi connectivity index (χ2n) is 7.71. The van der Waals surface area contributed by atoms with Crippen LogP contribution in [-0.2, 0) is 6.54 Å². The van der Waals surface area contributed by atoms with Crippen molar-refractivity contribution in [1.82, 2.24) is 5.32 Å². The van der Waals surface area contributed by atoms with Gasteiger partial charge in [-0.15, -0.1) is 0 Å². The number of benzene rings is 3. The SMILES string of the molecule is Fc1ccc(CN[C@H]2CCN(c3ccc(Cl)cc3Cl)[C@H](c3ccc(Cl)cc3)C2)cc1F. The maximum atomic E-state index is 13.5. The van der Waals surface area contributed by atoms with E-state index in [1.165, 1.54) is 6.07 Å². The zero-order valence-corrected chi connectivity index (χ0v) is 18.9. The lowest BCUT2D eigenvalue weighted by Crippen LogP contribution is -2.44. The van der Waals surface area contributed by atoms with Crippen molar-refractivity contribution in [2.45, 2.75) is 31.5 Å². The highest BCUT2D eigenvalue weighted by Crippen LogP contribution is 2.39. The average molecular weight is 482 g/mol. The van der Waals surface area contributed by atoms with Gasteiger partial charge in [0.1, 0.15) is 0 Å². The number of halogens is 5. The molecule has 1 saturated heterocycles. The lowest BCUT2D eigenvalue weighted by atomic mass is 9.91. The van der Waals surface area contributed by atoms with E-state index in [1.54, 1.807) is 12.1 Å². The van der Waals surface area contributed by atoms with Crippen molar-refractivity contribution >= 4 is 40.5 Å². The van der Waals surface area contributed by atoms with Crippen molar-refractivity contribution in [3.8, 4) is 0 Å². The van der Waals surface area contributed by atoms with E-state index in [0.29, 0.717) is 27.2 Å². The van der Waals surface area contributed by atoms with Gasteiger partial charge in [0.05, 0.1) is 16.8 Å². The molecule has 2 atom stereocenters. The minimum atomic E-state index is -0.834. The number of nitrogens with one attached hydrogen (secondary N) is 1. The maximum Gasteiger partial charge on any atom is 0.159 e. The molecule has 0 saturated carbocycles. The molecule has 1 fully saturated rings. The van der Waals surface area contributed by atoms with Crippen LogP contribution < -0.4 is 10.2 Å². The molecule has 0 spiro atoms. The molecule has 0 amide bonds. The van der Waals surface area contributed by atoms with Crippen molar-refractivity contribution in [3.63, 3.8) is 0 Å². The third kappa shape index (κ3) is 5.32. The van der Waals surface area contributed by atoms with Gasteiger partial charge in [-0.25, -0.2) is 8.78 Å². The van der Waals surface area contributed by atoms with Gasteiger partial charge in [0.15, 0.2) is 11.6 Å². The normalized spacial score (nSPS) is 18.9. The minimum absolute atomic E-state index is 0.0761. The molecule has 7 heteroatoms. The van der Waals surface area contributed by atoms with E-state index in [-0.39, 0.29) is 12.1 Å². The van der Waals surface area contributed by atoms with Crippen LogP contribution in [0.3, 0.4) is 0 Å². The van der Waals surface area contributed by atoms with E-state index in [1.807, 2.05) is 36.4 Å². The van der Waals surface area contributed by atoms with Crippen molar-refractivity contribution in [1.29, 1.82) is 0 Å². The zero-order valence-electron chi connectivity index (χ0n) is 16.6. The smallest absolute Gasteiger partial charge is 0.159 e. The molecule has 162 valence electrons. The molecule has 0 unspecified atom stereocenters. The van der Waals surface area contributed by atoms with Crippen LogP contribution in [0.2, 0.25) is 15.1 Å². The lowest BCUT2D eigenvalue weighted by molar-refractivity contribution is 0.359. The molecule has 1 aliphatic rings. The summed E-state index contributed by atoms with van der Waals surface area (Å²) in [5.74, 6) is -1.66. The zero-order chi connectivity index (χ0) is 22.0.